The summed E-state index contributed by atoms with van der Waals surface area (Å²) < 4.78 is 27.5. The Morgan fingerprint density at radius 3 is 2.71 bits per heavy atom. The summed E-state index contributed by atoms with van der Waals surface area (Å²) in [6.07, 6.45) is 0.834. The maximum Gasteiger partial charge on any atom is 0.225 e. The molecular weight excluding hydrogens is 310 g/mol. The molecule has 2 N–H and O–H groups in total. The molecule has 126 valence electrons. The number of halogens is 2. The van der Waals surface area contributed by atoms with Crippen LogP contribution in [0.5, 0.6) is 0 Å². The second-order valence-electron chi connectivity index (χ2n) is 6.20. The summed E-state index contributed by atoms with van der Waals surface area (Å²) >= 11 is 0. The molecule has 3 rings (SSSR count). The number of carbonyl (C=O) groups is 1. The number of hydrogen-bond acceptors (Lipinski definition) is 2. The molecule has 0 radical (unpaired) electrons. The number of amides is 1. The highest BCUT2D eigenvalue weighted by Gasteiger charge is 2.18. The van der Waals surface area contributed by atoms with E-state index in [1.165, 1.54) is 12.1 Å². The summed E-state index contributed by atoms with van der Waals surface area (Å²) in [5.41, 5.74) is 2.73. The molecule has 1 aliphatic rings. The number of carbonyl (C=O) groups excluding carboxylic acids is 1. The second-order valence-corrected chi connectivity index (χ2v) is 6.20. The van der Waals surface area contributed by atoms with Crippen molar-refractivity contribution in [3.63, 3.8) is 0 Å². The van der Waals surface area contributed by atoms with Gasteiger partial charge in [-0.1, -0.05) is 25.1 Å². The summed E-state index contributed by atoms with van der Waals surface area (Å²) in [6, 6.07) is 9.55. The lowest BCUT2D eigenvalue weighted by Gasteiger charge is -2.20. The van der Waals surface area contributed by atoms with Crippen molar-refractivity contribution in [2.24, 2.45) is 0 Å². The summed E-state index contributed by atoms with van der Waals surface area (Å²) in [5, 5.41) is 5.86. The fourth-order valence-corrected chi connectivity index (χ4v) is 3.02. The van der Waals surface area contributed by atoms with Crippen LogP contribution in [0.4, 0.5) is 14.5 Å². The molecule has 2 aromatic rings. The van der Waals surface area contributed by atoms with Gasteiger partial charge in [0.2, 0.25) is 5.91 Å². The van der Waals surface area contributed by atoms with E-state index in [1.54, 1.807) is 18.2 Å². The Kier molecular flexibility index (Phi) is 4.90. The van der Waals surface area contributed by atoms with Crippen LogP contribution in [-0.2, 0) is 17.8 Å². The van der Waals surface area contributed by atoms with Crippen LogP contribution in [0.1, 0.15) is 36.0 Å². The first-order valence-corrected chi connectivity index (χ1v) is 8.11. The molecule has 5 heteroatoms. The number of nitrogens with one attached hydrogen (secondary N) is 2. The molecule has 2 aromatic carbocycles. The minimum Gasteiger partial charge on any atom is -0.324 e. The fourth-order valence-electron chi connectivity index (χ4n) is 3.02. The van der Waals surface area contributed by atoms with Gasteiger partial charge in [-0.05, 0) is 53.8 Å². The van der Waals surface area contributed by atoms with Crippen LogP contribution in [0.3, 0.4) is 0 Å². The molecule has 0 bridgehead atoms. The van der Waals surface area contributed by atoms with Gasteiger partial charge in [-0.2, -0.15) is 0 Å². The van der Waals surface area contributed by atoms with Gasteiger partial charge in [0.05, 0.1) is 5.69 Å². The van der Waals surface area contributed by atoms with Crippen LogP contribution in [0.2, 0.25) is 0 Å². The largest absolute Gasteiger partial charge is 0.324 e. The van der Waals surface area contributed by atoms with Crippen molar-refractivity contribution in [1.82, 2.24) is 5.32 Å². The Morgan fingerprint density at radius 1 is 1.21 bits per heavy atom. The molecular formula is C19H20F2N2O. The minimum atomic E-state index is -0.336. The lowest BCUT2D eigenvalue weighted by molar-refractivity contribution is -0.116. The van der Waals surface area contributed by atoms with Crippen LogP contribution in [0.15, 0.2) is 36.4 Å². The van der Waals surface area contributed by atoms with E-state index in [4.69, 9.17) is 0 Å². The van der Waals surface area contributed by atoms with Crippen molar-refractivity contribution in [2.75, 3.05) is 11.9 Å². The second kappa shape index (κ2) is 7.09. The molecule has 1 amide bonds. The van der Waals surface area contributed by atoms with Crippen molar-refractivity contribution >= 4 is 11.6 Å². The number of anilines is 1. The quantitative estimate of drug-likeness (QED) is 0.896. The average Bonchev–Trinajstić information content (AvgIpc) is 2.58. The normalized spacial score (nSPS) is 14.8. The highest BCUT2D eigenvalue weighted by molar-refractivity contribution is 5.91. The lowest BCUT2D eigenvalue weighted by Crippen LogP contribution is -2.25. The maximum absolute atomic E-state index is 14.5. The van der Waals surface area contributed by atoms with E-state index in [1.807, 2.05) is 13.0 Å². The molecule has 3 nitrogen and oxygen atoms in total. The molecule has 1 aliphatic heterocycles. The SMILES string of the molecule is CC(CC(=O)Nc1ccc2c(c1F)CCNC2)c1ccc(F)cc1. The van der Waals surface area contributed by atoms with Crippen molar-refractivity contribution < 1.29 is 13.6 Å². The first-order chi connectivity index (χ1) is 11.5. The molecule has 0 spiro atoms. The molecule has 0 saturated carbocycles. The van der Waals surface area contributed by atoms with Gasteiger partial charge < -0.3 is 10.6 Å². The highest BCUT2D eigenvalue weighted by atomic mass is 19.1. The van der Waals surface area contributed by atoms with E-state index < -0.39 is 0 Å². The summed E-state index contributed by atoms with van der Waals surface area (Å²) in [5.74, 6) is -0.965. The smallest absolute Gasteiger partial charge is 0.225 e. The van der Waals surface area contributed by atoms with Crippen LogP contribution < -0.4 is 10.6 Å². The predicted molar refractivity (Wildman–Crippen MR) is 89.9 cm³/mol. The molecule has 0 aromatic heterocycles. The fraction of sp³-hybridized carbons (Fsp3) is 0.316. The topological polar surface area (TPSA) is 41.1 Å². The van der Waals surface area contributed by atoms with Gasteiger partial charge in [-0.3, -0.25) is 4.79 Å². The van der Waals surface area contributed by atoms with Gasteiger partial charge in [0.1, 0.15) is 11.6 Å². The van der Waals surface area contributed by atoms with Gasteiger partial charge in [0.15, 0.2) is 0 Å². The van der Waals surface area contributed by atoms with Gasteiger partial charge in [-0.15, -0.1) is 0 Å². The third kappa shape index (κ3) is 3.62. The lowest BCUT2D eigenvalue weighted by atomic mass is 9.97. The molecule has 1 heterocycles. The van der Waals surface area contributed by atoms with Crippen molar-refractivity contribution in [3.05, 3.63) is 64.7 Å². The molecule has 0 saturated heterocycles. The zero-order valence-corrected chi connectivity index (χ0v) is 13.5. The highest BCUT2D eigenvalue weighted by Crippen LogP contribution is 2.26. The number of fused-ring (bicyclic) bond motifs is 1. The molecule has 0 fully saturated rings. The Labute approximate surface area is 140 Å². The van der Waals surface area contributed by atoms with Gasteiger partial charge in [0, 0.05) is 13.0 Å². The van der Waals surface area contributed by atoms with Crippen molar-refractivity contribution in [3.8, 4) is 0 Å². The summed E-state index contributed by atoms with van der Waals surface area (Å²) in [6.45, 7) is 3.28. The van der Waals surface area contributed by atoms with E-state index >= 15 is 0 Å². The molecule has 24 heavy (non-hydrogen) atoms. The van der Waals surface area contributed by atoms with E-state index in [-0.39, 0.29) is 35.6 Å². The summed E-state index contributed by atoms with van der Waals surface area (Å²) in [4.78, 5) is 12.2. The zero-order valence-electron chi connectivity index (χ0n) is 13.5. The summed E-state index contributed by atoms with van der Waals surface area (Å²) in [7, 11) is 0. The molecule has 0 aliphatic carbocycles. The van der Waals surface area contributed by atoms with Crippen LogP contribution >= 0.6 is 0 Å². The van der Waals surface area contributed by atoms with Crippen LogP contribution in [-0.4, -0.2) is 12.5 Å². The van der Waals surface area contributed by atoms with Gasteiger partial charge in [-0.25, -0.2) is 8.78 Å². The average molecular weight is 330 g/mol. The van der Waals surface area contributed by atoms with E-state index in [9.17, 15) is 13.6 Å². The standard InChI is InChI=1S/C19H20F2N2O/c1-12(13-2-5-15(20)6-3-13)10-18(24)23-17-7-4-14-11-22-9-8-16(14)19(17)21/h2-7,12,22H,8-11H2,1H3,(H,23,24). The maximum atomic E-state index is 14.5. The number of rotatable bonds is 4. The minimum absolute atomic E-state index is 0.0736. The van der Waals surface area contributed by atoms with Crippen LogP contribution in [0.25, 0.3) is 0 Å². The zero-order chi connectivity index (χ0) is 17.1. The molecule has 1 atom stereocenters. The van der Waals surface area contributed by atoms with Gasteiger partial charge in [0.25, 0.3) is 0 Å². The third-order valence-electron chi connectivity index (χ3n) is 4.41. The Balaban J connectivity index is 1.67. The Morgan fingerprint density at radius 2 is 1.96 bits per heavy atom. The van der Waals surface area contributed by atoms with E-state index in [0.29, 0.717) is 18.5 Å². The van der Waals surface area contributed by atoms with Crippen LogP contribution in [0, 0.1) is 11.6 Å². The first-order valence-electron chi connectivity index (χ1n) is 8.11. The van der Waals surface area contributed by atoms with Crippen molar-refractivity contribution in [2.45, 2.75) is 32.2 Å². The number of hydrogen-bond donors (Lipinski definition) is 2. The predicted octanol–water partition coefficient (Wildman–Crippen LogP) is 3.74. The Bertz CT molecular complexity index is 744. The Hall–Kier alpha value is -2.27. The molecule has 1 unspecified atom stereocenters. The van der Waals surface area contributed by atoms with Gasteiger partial charge >= 0.3 is 0 Å². The van der Waals surface area contributed by atoms with E-state index in [2.05, 4.69) is 10.6 Å². The van der Waals surface area contributed by atoms with Crippen molar-refractivity contribution in [1.29, 1.82) is 0 Å². The first kappa shape index (κ1) is 16.6. The third-order valence-corrected chi connectivity index (χ3v) is 4.41. The monoisotopic (exact) mass is 330 g/mol. The number of benzene rings is 2. The van der Waals surface area contributed by atoms with E-state index in [0.717, 1.165) is 17.7 Å².